The molecule has 2 aromatic rings. The third-order valence-electron chi connectivity index (χ3n) is 5.54. The van der Waals surface area contributed by atoms with E-state index >= 15 is 0 Å². The summed E-state index contributed by atoms with van der Waals surface area (Å²) in [5, 5.41) is 11.8. The maximum Gasteiger partial charge on any atom is 0.343 e. The second-order valence-electron chi connectivity index (χ2n) is 6.95. The van der Waals surface area contributed by atoms with Crippen LogP contribution >= 0.6 is 0 Å². The van der Waals surface area contributed by atoms with Crippen molar-refractivity contribution in [3.8, 4) is 5.75 Å². The molecule has 0 radical (unpaired) electrons. The molecule has 1 aromatic carbocycles. The van der Waals surface area contributed by atoms with E-state index in [1.807, 2.05) is 32.0 Å². The van der Waals surface area contributed by atoms with E-state index in [0.717, 1.165) is 17.4 Å². The highest BCUT2D eigenvalue weighted by atomic mass is 16.6. The summed E-state index contributed by atoms with van der Waals surface area (Å²) in [4.78, 5) is 12.6. The molecular weight excluding hydrogens is 292 g/mol. The minimum atomic E-state index is -1.27. The Morgan fingerprint density at radius 1 is 1.39 bits per heavy atom. The Morgan fingerprint density at radius 2 is 2.13 bits per heavy atom. The molecule has 4 nitrogen and oxygen atoms in total. The molecule has 4 rings (SSSR count). The lowest BCUT2D eigenvalue weighted by molar-refractivity contribution is -0.215. The summed E-state index contributed by atoms with van der Waals surface area (Å²) in [7, 11) is 0. The first kappa shape index (κ1) is 14.5. The Balaban J connectivity index is 1.98. The third kappa shape index (κ3) is 1.98. The molecule has 1 aliphatic heterocycles. The topological polar surface area (TPSA) is 59.7 Å². The Hall–Kier alpha value is -2.07. The number of hydrogen-bond donors (Lipinski definition) is 1. The lowest BCUT2D eigenvalue weighted by Crippen LogP contribution is -2.54. The van der Waals surface area contributed by atoms with Crippen LogP contribution in [0.3, 0.4) is 0 Å². The van der Waals surface area contributed by atoms with Gasteiger partial charge in [-0.1, -0.05) is 31.2 Å². The predicted octanol–water partition coefficient (Wildman–Crippen LogP) is 3.58. The minimum absolute atomic E-state index is 0.0833. The number of ether oxygens (including phenoxy) is 1. The fourth-order valence-corrected chi connectivity index (χ4v) is 4.07. The van der Waals surface area contributed by atoms with Crippen LogP contribution in [0.15, 0.2) is 45.6 Å². The van der Waals surface area contributed by atoms with E-state index < -0.39 is 5.79 Å². The van der Waals surface area contributed by atoms with Crippen molar-refractivity contribution in [2.24, 2.45) is 11.8 Å². The maximum atomic E-state index is 12.6. The molecule has 1 saturated carbocycles. The first-order valence-corrected chi connectivity index (χ1v) is 8.03. The highest BCUT2D eigenvalue weighted by Crippen LogP contribution is 2.54. The number of fused-ring (bicyclic) bond motifs is 6. The average Bonchev–Trinajstić information content (AvgIpc) is 2.48. The number of para-hydroxylation sites is 1. The van der Waals surface area contributed by atoms with Gasteiger partial charge in [-0.05, 0) is 31.4 Å². The molecule has 2 bridgehead atoms. The van der Waals surface area contributed by atoms with Crippen LogP contribution in [0.4, 0.5) is 0 Å². The van der Waals surface area contributed by atoms with E-state index in [2.05, 4.69) is 6.58 Å². The Morgan fingerprint density at radius 3 is 2.87 bits per heavy atom. The molecule has 4 heteroatoms. The zero-order chi connectivity index (χ0) is 16.4. The lowest BCUT2D eigenvalue weighted by Gasteiger charge is -2.49. The van der Waals surface area contributed by atoms with Crippen LogP contribution < -0.4 is 10.4 Å². The van der Waals surface area contributed by atoms with Gasteiger partial charge in [0.2, 0.25) is 5.79 Å². The molecule has 1 aliphatic carbocycles. The van der Waals surface area contributed by atoms with Gasteiger partial charge in [-0.15, -0.1) is 0 Å². The SMILES string of the molecule is C=C(C)C1C[C@@H]2c3c(c4ccccc4oc3=O)O[C@](O)(C1)[C@H]2C. The van der Waals surface area contributed by atoms with E-state index in [4.69, 9.17) is 9.15 Å². The predicted molar refractivity (Wildman–Crippen MR) is 87.5 cm³/mol. The summed E-state index contributed by atoms with van der Waals surface area (Å²) in [6.07, 6.45) is 1.30. The molecule has 1 fully saturated rings. The Bertz CT molecular complexity index is 865. The second-order valence-corrected chi connectivity index (χ2v) is 6.95. The molecule has 0 spiro atoms. The second kappa shape index (κ2) is 4.71. The van der Waals surface area contributed by atoms with Crippen LogP contribution in [-0.4, -0.2) is 10.9 Å². The van der Waals surface area contributed by atoms with Crippen molar-refractivity contribution in [3.63, 3.8) is 0 Å². The van der Waals surface area contributed by atoms with Gasteiger partial charge in [0.15, 0.2) is 0 Å². The van der Waals surface area contributed by atoms with Crippen molar-refractivity contribution < 1.29 is 14.3 Å². The van der Waals surface area contributed by atoms with Gasteiger partial charge in [0, 0.05) is 18.3 Å². The number of aliphatic hydroxyl groups is 1. The van der Waals surface area contributed by atoms with Crippen LogP contribution in [0.25, 0.3) is 11.0 Å². The molecular formula is C19H20O4. The average molecular weight is 312 g/mol. The summed E-state index contributed by atoms with van der Waals surface area (Å²) >= 11 is 0. The molecule has 1 aromatic heterocycles. The van der Waals surface area contributed by atoms with Gasteiger partial charge in [0.05, 0.1) is 10.9 Å². The zero-order valence-electron chi connectivity index (χ0n) is 13.3. The molecule has 4 atom stereocenters. The summed E-state index contributed by atoms with van der Waals surface area (Å²) in [6.45, 7) is 7.93. The number of benzene rings is 1. The largest absolute Gasteiger partial charge is 0.461 e. The molecule has 2 heterocycles. The molecule has 120 valence electrons. The van der Waals surface area contributed by atoms with Gasteiger partial charge < -0.3 is 14.3 Å². The first-order chi connectivity index (χ1) is 10.9. The minimum Gasteiger partial charge on any atom is -0.461 e. The molecule has 1 unspecified atom stereocenters. The molecule has 1 N–H and O–H groups in total. The van der Waals surface area contributed by atoms with E-state index in [9.17, 15) is 9.90 Å². The van der Waals surface area contributed by atoms with Gasteiger partial charge >= 0.3 is 5.63 Å². The maximum absolute atomic E-state index is 12.6. The summed E-state index contributed by atoms with van der Waals surface area (Å²) in [6, 6.07) is 7.30. The van der Waals surface area contributed by atoms with Crippen molar-refractivity contribution in [1.29, 1.82) is 0 Å². The van der Waals surface area contributed by atoms with Crippen LogP contribution in [0.5, 0.6) is 5.75 Å². The quantitative estimate of drug-likeness (QED) is 0.646. The summed E-state index contributed by atoms with van der Waals surface area (Å²) in [5.74, 6) is -0.881. The van der Waals surface area contributed by atoms with Crippen molar-refractivity contribution in [2.45, 2.75) is 38.4 Å². The highest BCUT2D eigenvalue weighted by molar-refractivity contribution is 5.85. The van der Waals surface area contributed by atoms with Crippen molar-refractivity contribution in [1.82, 2.24) is 0 Å². The smallest absolute Gasteiger partial charge is 0.343 e. The monoisotopic (exact) mass is 312 g/mol. The lowest BCUT2D eigenvalue weighted by atomic mass is 9.65. The molecule has 2 aliphatic rings. The molecule has 23 heavy (non-hydrogen) atoms. The number of rotatable bonds is 1. The summed E-state index contributed by atoms with van der Waals surface area (Å²) < 4.78 is 11.5. The van der Waals surface area contributed by atoms with Gasteiger partial charge in [0.25, 0.3) is 0 Å². The van der Waals surface area contributed by atoms with E-state index in [0.29, 0.717) is 23.3 Å². The van der Waals surface area contributed by atoms with Crippen LogP contribution in [-0.2, 0) is 0 Å². The van der Waals surface area contributed by atoms with Crippen LogP contribution in [0, 0.1) is 11.8 Å². The fourth-order valence-electron chi connectivity index (χ4n) is 4.07. The van der Waals surface area contributed by atoms with Gasteiger partial charge in [0.1, 0.15) is 11.3 Å². The van der Waals surface area contributed by atoms with Crippen LogP contribution in [0.1, 0.15) is 38.2 Å². The van der Waals surface area contributed by atoms with E-state index in [-0.39, 0.29) is 23.4 Å². The van der Waals surface area contributed by atoms with Crippen molar-refractivity contribution in [2.75, 3.05) is 0 Å². The van der Waals surface area contributed by atoms with Gasteiger partial charge in [-0.25, -0.2) is 4.79 Å². The standard InChI is InChI=1S/C19H20O4/c1-10(2)12-8-14-11(3)19(21,9-12)23-17-13-6-4-5-7-15(13)22-18(20)16(14)17/h4-7,11-12,14,21H,1,8-9H2,2-3H3/t11-,12?,14-,19+/m0/s1. The Labute approximate surface area is 134 Å². The zero-order valence-corrected chi connectivity index (χ0v) is 13.3. The molecule has 0 saturated heterocycles. The van der Waals surface area contributed by atoms with Gasteiger partial charge in [-0.3, -0.25) is 0 Å². The third-order valence-corrected chi connectivity index (χ3v) is 5.54. The normalized spacial score (nSPS) is 32.2. The van der Waals surface area contributed by atoms with E-state index in [1.54, 1.807) is 6.07 Å². The Kier molecular flexibility index (Phi) is 2.97. The van der Waals surface area contributed by atoms with E-state index in [1.165, 1.54) is 0 Å². The number of hydrogen-bond acceptors (Lipinski definition) is 4. The number of allylic oxidation sites excluding steroid dienone is 1. The summed E-state index contributed by atoms with van der Waals surface area (Å²) in [5.41, 5.74) is 1.70. The van der Waals surface area contributed by atoms with Crippen LogP contribution in [0.2, 0.25) is 0 Å². The highest BCUT2D eigenvalue weighted by Gasteiger charge is 2.53. The fraction of sp³-hybridized carbons (Fsp3) is 0.421. The van der Waals surface area contributed by atoms with Crippen molar-refractivity contribution in [3.05, 3.63) is 52.4 Å². The first-order valence-electron chi connectivity index (χ1n) is 8.03. The van der Waals surface area contributed by atoms with Crippen molar-refractivity contribution >= 4 is 11.0 Å². The molecule has 0 amide bonds. The van der Waals surface area contributed by atoms with Gasteiger partial charge in [-0.2, -0.15) is 0 Å².